The van der Waals surface area contributed by atoms with Crippen molar-refractivity contribution in [1.29, 1.82) is 0 Å². The molecule has 60 valence electrons. The van der Waals surface area contributed by atoms with Gasteiger partial charge in [0.2, 0.25) is 0 Å². The van der Waals surface area contributed by atoms with Gasteiger partial charge in [-0.05, 0) is 13.0 Å². The number of carbonyl (C=O) groups is 1. The van der Waals surface area contributed by atoms with Gasteiger partial charge in [-0.25, -0.2) is 0 Å². The third kappa shape index (κ3) is 1.83. The first-order chi connectivity index (χ1) is 4.22. The van der Waals surface area contributed by atoms with Crippen molar-refractivity contribution in [3.63, 3.8) is 0 Å². The van der Waals surface area contributed by atoms with Gasteiger partial charge >= 0.3 is 5.97 Å². The van der Waals surface area contributed by atoms with Crippen molar-refractivity contribution >= 4 is 18.4 Å². The van der Waals surface area contributed by atoms with E-state index in [0.717, 1.165) is 0 Å². The molecule has 0 aromatic heterocycles. The van der Waals surface area contributed by atoms with E-state index in [1.807, 2.05) is 0 Å². The fourth-order valence-electron chi connectivity index (χ4n) is 0.941. The van der Waals surface area contributed by atoms with Crippen LogP contribution >= 0.6 is 12.4 Å². The maximum atomic E-state index is 10.2. The van der Waals surface area contributed by atoms with E-state index in [1.165, 1.54) is 0 Å². The van der Waals surface area contributed by atoms with E-state index in [0.29, 0.717) is 13.0 Å². The van der Waals surface area contributed by atoms with Crippen molar-refractivity contribution in [3.05, 3.63) is 0 Å². The fourth-order valence-corrected chi connectivity index (χ4v) is 0.941. The zero-order valence-corrected chi connectivity index (χ0v) is 6.10. The van der Waals surface area contributed by atoms with Crippen LogP contribution in [0.3, 0.4) is 0 Å². The third-order valence-electron chi connectivity index (χ3n) is 1.46. The van der Waals surface area contributed by atoms with Crippen molar-refractivity contribution in [2.45, 2.75) is 18.6 Å². The summed E-state index contributed by atoms with van der Waals surface area (Å²) in [7, 11) is 0. The Labute approximate surface area is 64.6 Å². The summed E-state index contributed by atoms with van der Waals surface area (Å²) in [4.78, 5) is 10.2. The molecule has 1 heterocycles. The van der Waals surface area contributed by atoms with Gasteiger partial charge in [0.1, 0.15) is 6.04 Å². The molecule has 0 aromatic carbocycles. The van der Waals surface area contributed by atoms with Gasteiger partial charge < -0.3 is 15.5 Å². The van der Waals surface area contributed by atoms with Gasteiger partial charge in [0.25, 0.3) is 0 Å². The van der Waals surface area contributed by atoms with Crippen molar-refractivity contribution in [3.8, 4) is 0 Å². The Kier molecular flexibility index (Phi) is 3.63. The van der Waals surface area contributed by atoms with Gasteiger partial charge in [0.05, 0.1) is 6.10 Å². The second-order valence-corrected chi connectivity index (χ2v) is 2.13. The predicted molar refractivity (Wildman–Crippen MR) is 37.3 cm³/mol. The first-order valence-corrected chi connectivity index (χ1v) is 2.86. The highest BCUT2D eigenvalue weighted by Gasteiger charge is 2.30. The van der Waals surface area contributed by atoms with Crippen molar-refractivity contribution < 1.29 is 15.0 Å². The number of hydrogen-bond acceptors (Lipinski definition) is 3. The standard InChI is InChI=1S/C5H9NO3.ClH/c7-3-1-2-6-4(3)5(8)9;/h3-4,6-7H,1-2H2,(H,8,9);1H/t3-,4+;/m1./s1. The second-order valence-electron chi connectivity index (χ2n) is 2.13. The molecule has 3 N–H and O–H groups in total. The van der Waals surface area contributed by atoms with Crippen molar-refractivity contribution in [2.75, 3.05) is 6.54 Å². The van der Waals surface area contributed by atoms with Crippen LogP contribution < -0.4 is 5.32 Å². The first kappa shape index (κ1) is 9.68. The molecule has 1 fully saturated rings. The molecule has 0 saturated carbocycles. The van der Waals surface area contributed by atoms with Gasteiger partial charge in [-0.3, -0.25) is 4.79 Å². The topological polar surface area (TPSA) is 69.6 Å². The van der Waals surface area contributed by atoms with Gasteiger partial charge in [-0.1, -0.05) is 0 Å². The summed E-state index contributed by atoms with van der Waals surface area (Å²) in [5.41, 5.74) is 0. The van der Waals surface area contributed by atoms with E-state index >= 15 is 0 Å². The number of carboxylic acid groups (broad SMARTS) is 1. The van der Waals surface area contributed by atoms with Crippen LogP contribution in [0.25, 0.3) is 0 Å². The maximum absolute atomic E-state index is 10.2. The minimum absolute atomic E-state index is 0. The van der Waals surface area contributed by atoms with Crippen LogP contribution in [0, 0.1) is 0 Å². The Balaban J connectivity index is 0.000000810. The van der Waals surface area contributed by atoms with Crippen LogP contribution in [-0.4, -0.2) is 34.9 Å². The lowest BCUT2D eigenvalue weighted by Gasteiger charge is -2.06. The number of carboxylic acids is 1. The van der Waals surface area contributed by atoms with Crippen LogP contribution in [0.2, 0.25) is 0 Å². The molecule has 2 atom stereocenters. The molecule has 0 amide bonds. The molecule has 0 radical (unpaired) electrons. The van der Waals surface area contributed by atoms with Crippen LogP contribution in [-0.2, 0) is 4.79 Å². The number of aliphatic hydroxyl groups excluding tert-OH is 1. The molecule has 0 aromatic rings. The summed E-state index contributed by atoms with van der Waals surface area (Å²) in [6.07, 6.45) is -0.167. The highest BCUT2D eigenvalue weighted by atomic mass is 35.5. The first-order valence-electron chi connectivity index (χ1n) is 2.86. The fraction of sp³-hybridized carbons (Fsp3) is 0.800. The summed E-state index contributed by atoms with van der Waals surface area (Å²) < 4.78 is 0. The Hall–Kier alpha value is -0.320. The van der Waals surface area contributed by atoms with Crippen LogP contribution in [0.4, 0.5) is 0 Å². The van der Waals surface area contributed by atoms with Crippen LogP contribution in [0.1, 0.15) is 6.42 Å². The highest BCUT2D eigenvalue weighted by Crippen LogP contribution is 2.05. The van der Waals surface area contributed by atoms with E-state index in [1.54, 1.807) is 0 Å². The van der Waals surface area contributed by atoms with E-state index < -0.39 is 18.1 Å². The molecule has 4 nitrogen and oxygen atoms in total. The Morgan fingerprint density at radius 1 is 1.60 bits per heavy atom. The summed E-state index contributed by atoms with van der Waals surface area (Å²) in [5.74, 6) is -0.972. The van der Waals surface area contributed by atoms with E-state index in [2.05, 4.69) is 5.32 Å². The lowest BCUT2D eigenvalue weighted by Crippen LogP contribution is -2.38. The van der Waals surface area contributed by atoms with E-state index in [9.17, 15) is 4.79 Å². The van der Waals surface area contributed by atoms with Crippen molar-refractivity contribution in [2.24, 2.45) is 0 Å². The second kappa shape index (κ2) is 3.75. The number of nitrogens with one attached hydrogen (secondary N) is 1. The zero-order chi connectivity index (χ0) is 6.85. The van der Waals surface area contributed by atoms with Gasteiger partial charge in [0.15, 0.2) is 0 Å². The normalized spacial score (nSPS) is 31.3. The van der Waals surface area contributed by atoms with Gasteiger partial charge in [-0.15, -0.1) is 12.4 Å². The Bertz CT molecular complexity index is 130. The molecule has 0 aliphatic carbocycles. The molecule has 10 heavy (non-hydrogen) atoms. The average Bonchev–Trinajstić information content (AvgIpc) is 2.13. The number of rotatable bonds is 1. The quantitative estimate of drug-likeness (QED) is 0.479. The smallest absolute Gasteiger partial charge is 0.323 e. The average molecular weight is 168 g/mol. The Morgan fingerprint density at radius 2 is 2.20 bits per heavy atom. The highest BCUT2D eigenvalue weighted by molar-refractivity contribution is 5.85. The Morgan fingerprint density at radius 3 is 2.40 bits per heavy atom. The molecule has 0 bridgehead atoms. The monoisotopic (exact) mass is 167 g/mol. The third-order valence-corrected chi connectivity index (χ3v) is 1.46. The van der Waals surface area contributed by atoms with E-state index in [-0.39, 0.29) is 12.4 Å². The summed E-state index contributed by atoms with van der Waals surface area (Å²) in [5, 5.41) is 19.9. The minimum Gasteiger partial charge on any atom is -0.480 e. The molecular formula is C5H10ClNO3. The molecule has 0 spiro atoms. The number of halogens is 1. The minimum atomic E-state index is -0.972. The summed E-state index contributed by atoms with van der Waals surface area (Å²) in [6, 6.07) is -0.745. The summed E-state index contributed by atoms with van der Waals surface area (Å²) >= 11 is 0. The molecule has 1 saturated heterocycles. The van der Waals surface area contributed by atoms with E-state index in [4.69, 9.17) is 10.2 Å². The van der Waals surface area contributed by atoms with Crippen molar-refractivity contribution in [1.82, 2.24) is 5.32 Å². The lowest BCUT2D eigenvalue weighted by atomic mass is 10.2. The maximum Gasteiger partial charge on any atom is 0.323 e. The molecule has 5 heteroatoms. The molecular weight excluding hydrogens is 158 g/mol. The van der Waals surface area contributed by atoms with Gasteiger partial charge in [-0.2, -0.15) is 0 Å². The molecule has 0 unspecified atom stereocenters. The van der Waals surface area contributed by atoms with Crippen LogP contribution in [0.5, 0.6) is 0 Å². The summed E-state index contributed by atoms with van der Waals surface area (Å²) in [6.45, 7) is 0.595. The van der Waals surface area contributed by atoms with Gasteiger partial charge in [0, 0.05) is 0 Å². The number of aliphatic hydroxyl groups is 1. The molecule has 1 rings (SSSR count). The number of hydrogen-bond donors (Lipinski definition) is 3. The SMILES string of the molecule is Cl.O=C(O)[C@H]1NCC[C@H]1O. The number of aliphatic carboxylic acids is 1. The van der Waals surface area contributed by atoms with Crippen LogP contribution in [0.15, 0.2) is 0 Å². The largest absolute Gasteiger partial charge is 0.480 e. The molecule has 1 aliphatic heterocycles. The zero-order valence-electron chi connectivity index (χ0n) is 5.28. The lowest BCUT2D eigenvalue weighted by molar-refractivity contribution is -0.141. The molecule has 1 aliphatic rings. The predicted octanol–water partition coefficient (Wildman–Crippen LogP) is -0.784.